The monoisotopic (exact) mass is 263 g/mol. The average Bonchev–Trinajstić information content (AvgIpc) is 2.90. The number of hydrogen-bond donors (Lipinski definition) is 0. The number of imidazole rings is 1. The highest BCUT2D eigenvalue weighted by atomic mass is 35.5. The van der Waals surface area contributed by atoms with E-state index in [-0.39, 0.29) is 12.1 Å². The molecule has 2 rings (SSSR count). The van der Waals surface area contributed by atoms with Crippen LogP contribution in [0.25, 0.3) is 0 Å². The lowest BCUT2D eigenvalue weighted by Gasteiger charge is -2.25. The molecule has 0 spiro atoms. The quantitative estimate of drug-likeness (QED) is 0.835. The zero-order valence-corrected chi connectivity index (χ0v) is 11.0. The first-order valence-corrected chi connectivity index (χ1v) is 5.98. The van der Waals surface area contributed by atoms with Crippen molar-refractivity contribution in [2.45, 2.75) is 13.0 Å². The van der Waals surface area contributed by atoms with Crippen molar-refractivity contribution >= 4 is 17.6 Å². The van der Waals surface area contributed by atoms with Gasteiger partial charge in [0.2, 0.25) is 0 Å². The van der Waals surface area contributed by atoms with E-state index in [4.69, 9.17) is 11.6 Å². The molecule has 0 radical (unpaired) electrons. The lowest BCUT2D eigenvalue weighted by Crippen LogP contribution is -2.32. The molecule has 94 valence electrons. The van der Waals surface area contributed by atoms with Crippen LogP contribution in [0.1, 0.15) is 18.5 Å². The normalized spacial score (nSPS) is 12.2. The number of aromatic nitrogens is 2. The van der Waals surface area contributed by atoms with E-state index in [2.05, 4.69) is 4.98 Å². The summed E-state index contributed by atoms with van der Waals surface area (Å²) in [5.41, 5.74) is 0.926. The minimum absolute atomic E-state index is 0.103. The topological polar surface area (TPSA) is 38.1 Å². The number of benzene rings is 1. The molecule has 0 bridgehead atoms. The van der Waals surface area contributed by atoms with E-state index in [9.17, 15) is 4.79 Å². The standard InChI is InChI=1S/C13H14ClN3O/c1-10(11-5-3-4-6-12(11)14)16(2)13(18)17-8-7-15-9-17/h3-10H,1-2H3. The van der Waals surface area contributed by atoms with Gasteiger partial charge in [-0.1, -0.05) is 29.8 Å². The third kappa shape index (κ3) is 2.38. The van der Waals surface area contributed by atoms with Crippen LogP contribution in [0.15, 0.2) is 43.0 Å². The maximum atomic E-state index is 12.1. The van der Waals surface area contributed by atoms with Crippen LogP contribution in [0.4, 0.5) is 4.79 Å². The molecule has 1 amide bonds. The van der Waals surface area contributed by atoms with Crippen LogP contribution in [-0.4, -0.2) is 27.5 Å². The van der Waals surface area contributed by atoms with Gasteiger partial charge in [-0.3, -0.25) is 4.57 Å². The van der Waals surface area contributed by atoms with Gasteiger partial charge in [-0.05, 0) is 18.6 Å². The highest BCUT2D eigenvalue weighted by Crippen LogP contribution is 2.26. The summed E-state index contributed by atoms with van der Waals surface area (Å²) in [4.78, 5) is 17.6. The van der Waals surface area contributed by atoms with Gasteiger partial charge in [0.15, 0.2) is 0 Å². The molecular formula is C13H14ClN3O. The molecule has 4 nitrogen and oxygen atoms in total. The summed E-state index contributed by atoms with van der Waals surface area (Å²) in [7, 11) is 1.75. The Morgan fingerprint density at radius 1 is 1.44 bits per heavy atom. The van der Waals surface area contributed by atoms with Crippen LogP contribution < -0.4 is 0 Å². The third-order valence-corrected chi connectivity index (χ3v) is 3.31. The number of nitrogens with zero attached hydrogens (tertiary/aromatic N) is 3. The molecule has 0 aliphatic heterocycles. The zero-order valence-electron chi connectivity index (χ0n) is 10.2. The van der Waals surface area contributed by atoms with E-state index < -0.39 is 0 Å². The minimum atomic E-state index is -0.139. The number of amides is 1. The summed E-state index contributed by atoms with van der Waals surface area (Å²) in [6, 6.07) is 7.28. The number of hydrogen-bond acceptors (Lipinski definition) is 2. The average molecular weight is 264 g/mol. The summed E-state index contributed by atoms with van der Waals surface area (Å²) in [5, 5.41) is 0.662. The Bertz CT molecular complexity index is 539. The number of carbonyl (C=O) groups is 1. The van der Waals surface area contributed by atoms with E-state index >= 15 is 0 Å². The molecule has 1 aromatic heterocycles. The van der Waals surface area contributed by atoms with Crippen molar-refractivity contribution in [1.29, 1.82) is 0 Å². The van der Waals surface area contributed by atoms with Gasteiger partial charge in [-0.15, -0.1) is 0 Å². The highest BCUT2D eigenvalue weighted by molar-refractivity contribution is 6.31. The van der Waals surface area contributed by atoms with Gasteiger partial charge in [-0.2, -0.15) is 0 Å². The van der Waals surface area contributed by atoms with E-state index in [0.717, 1.165) is 5.56 Å². The number of rotatable bonds is 2. The van der Waals surface area contributed by atoms with E-state index in [1.54, 1.807) is 24.3 Å². The van der Waals surface area contributed by atoms with E-state index in [1.807, 2.05) is 31.2 Å². The van der Waals surface area contributed by atoms with Crippen molar-refractivity contribution < 1.29 is 4.79 Å². The summed E-state index contributed by atoms with van der Waals surface area (Å²) in [6.45, 7) is 1.94. The molecule has 0 fully saturated rings. The smallest absolute Gasteiger partial charge is 0.320 e. The molecule has 2 aromatic rings. The summed E-state index contributed by atoms with van der Waals surface area (Å²) in [6.07, 6.45) is 4.68. The second-order valence-corrected chi connectivity index (χ2v) is 4.47. The fourth-order valence-corrected chi connectivity index (χ4v) is 2.04. The predicted molar refractivity (Wildman–Crippen MR) is 70.7 cm³/mol. The van der Waals surface area contributed by atoms with Crippen LogP contribution in [0.3, 0.4) is 0 Å². The van der Waals surface area contributed by atoms with Gasteiger partial charge in [0, 0.05) is 24.5 Å². The Morgan fingerprint density at radius 2 is 2.17 bits per heavy atom. The maximum absolute atomic E-state index is 12.1. The molecule has 1 heterocycles. The summed E-state index contributed by atoms with van der Waals surface area (Å²) >= 11 is 6.14. The molecule has 0 N–H and O–H groups in total. The summed E-state index contributed by atoms with van der Waals surface area (Å²) in [5.74, 6) is 0. The highest BCUT2D eigenvalue weighted by Gasteiger charge is 2.20. The van der Waals surface area contributed by atoms with Crippen molar-refractivity contribution in [3.8, 4) is 0 Å². The lowest BCUT2D eigenvalue weighted by atomic mass is 10.1. The fraction of sp³-hybridized carbons (Fsp3) is 0.231. The zero-order chi connectivity index (χ0) is 13.1. The van der Waals surface area contributed by atoms with E-state index in [0.29, 0.717) is 5.02 Å². The predicted octanol–water partition coefficient (Wildman–Crippen LogP) is 3.20. The first kappa shape index (κ1) is 12.6. The van der Waals surface area contributed by atoms with Crippen molar-refractivity contribution in [3.05, 3.63) is 53.6 Å². The SMILES string of the molecule is CC(c1ccccc1Cl)N(C)C(=O)n1ccnc1. The van der Waals surface area contributed by atoms with Crippen LogP contribution in [-0.2, 0) is 0 Å². The largest absolute Gasteiger partial charge is 0.329 e. The van der Waals surface area contributed by atoms with E-state index in [1.165, 1.54) is 10.9 Å². The second-order valence-electron chi connectivity index (χ2n) is 4.06. The first-order chi connectivity index (χ1) is 8.61. The Hall–Kier alpha value is -1.81. The fourth-order valence-electron chi connectivity index (χ4n) is 1.74. The molecular weight excluding hydrogens is 250 g/mol. The number of halogens is 1. The number of carbonyl (C=O) groups excluding carboxylic acids is 1. The van der Waals surface area contributed by atoms with Crippen molar-refractivity contribution in [3.63, 3.8) is 0 Å². The second kappa shape index (κ2) is 5.23. The molecule has 0 saturated carbocycles. The summed E-state index contributed by atoms with van der Waals surface area (Å²) < 4.78 is 1.44. The Kier molecular flexibility index (Phi) is 3.67. The van der Waals surface area contributed by atoms with Gasteiger partial charge >= 0.3 is 6.03 Å². The van der Waals surface area contributed by atoms with Gasteiger partial charge in [0.1, 0.15) is 6.33 Å². The lowest BCUT2D eigenvalue weighted by molar-refractivity contribution is 0.196. The molecule has 0 saturated heterocycles. The van der Waals surface area contributed by atoms with Gasteiger partial charge < -0.3 is 4.90 Å². The van der Waals surface area contributed by atoms with Gasteiger partial charge in [0.05, 0.1) is 6.04 Å². The molecule has 18 heavy (non-hydrogen) atoms. The molecule has 0 aliphatic carbocycles. The third-order valence-electron chi connectivity index (χ3n) is 2.96. The van der Waals surface area contributed by atoms with Gasteiger partial charge in [-0.25, -0.2) is 9.78 Å². The van der Waals surface area contributed by atoms with Crippen molar-refractivity contribution in [2.24, 2.45) is 0 Å². The Balaban J connectivity index is 2.22. The van der Waals surface area contributed by atoms with Crippen LogP contribution in [0.5, 0.6) is 0 Å². The van der Waals surface area contributed by atoms with Crippen LogP contribution in [0, 0.1) is 0 Å². The van der Waals surface area contributed by atoms with Crippen LogP contribution >= 0.6 is 11.6 Å². The molecule has 5 heteroatoms. The minimum Gasteiger partial charge on any atom is -0.320 e. The molecule has 1 aromatic carbocycles. The van der Waals surface area contributed by atoms with Crippen molar-refractivity contribution in [1.82, 2.24) is 14.5 Å². The Labute approximate surface area is 111 Å². The molecule has 0 aliphatic rings. The Morgan fingerprint density at radius 3 is 2.78 bits per heavy atom. The molecule has 1 unspecified atom stereocenters. The van der Waals surface area contributed by atoms with Crippen LogP contribution in [0.2, 0.25) is 5.02 Å². The maximum Gasteiger partial charge on any atom is 0.329 e. The molecule has 1 atom stereocenters. The van der Waals surface area contributed by atoms with Gasteiger partial charge in [0.25, 0.3) is 0 Å². The van der Waals surface area contributed by atoms with Crippen molar-refractivity contribution in [2.75, 3.05) is 7.05 Å². The first-order valence-electron chi connectivity index (χ1n) is 5.61.